The number of hydrogen-bond donors (Lipinski definition) is 0. The summed E-state index contributed by atoms with van der Waals surface area (Å²) in [6.07, 6.45) is 5.87. The first-order valence-electron chi connectivity index (χ1n) is 15.7. The molecule has 0 aliphatic heterocycles. The van der Waals surface area contributed by atoms with E-state index in [4.69, 9.17) is 88.6 Å². The van der Waals surface area contributed by atoms with Crippen molar-refractivity contribution in [1.29, 1.82) is 0 Å². The van der Waals surface area contributed by atoms with Gasteiger partial charge in [-0.1, -0.05) is 97.3 Å². The third-order valence-electron chi connectivity index (χ3n) is 8.77. The molecule has 2 aliphatic carbocycles. The zero-order chi connectivity index (χ0) is 35.4. The van der Waals surface area contributed by atoms with E-state index in [0.29, 0.717) is 23.7 Å². The first kappa shape index (κ1) is 38.9. The van der Waals surface area contributed by atoms with Gasteiger partial charge in [0, 0.05) is 0 Å². The molecule has 262 valence electrons. The summed E-state index contributed by atoms with van der Waals surface area (Å²) >= 11 is 37.6. The van der Waals surface area contributed by atoms with Crippen LogP contribution in [0, 0.1) is 35.5 Å². The van der Waals surface area contributed by atoms with Gasteiger partial charge in [0.15, 0.2) is 11.5 Å². The van der Waals surface area contributed by atoms with Crippen molar-refractivity contribution < 1.29 is 38.1 Å². The normalized spacial score (nSPS) is 20.2. The summed E-state index contributed by atoms with van der Waals surface area (Å²) in [5.41, 5.74) is -0.891. The fraction of sp³-hybridized carbons (Fsp3) is 0.529. The standard InChI is InChI=1S/C34H36Cl6O8/c1-15(2)9-17-5-7-19(17)13-45-31(41)25-27(39)21(35)11-23(37)29(25)47-33(43)34(44)48-30-24(38)12-22(36)28(40)26(30)32(42)46-14-20-8-6-18(20)10-16(3)4/h11-12,15-20H,5-10,13-14H2,1-4H3. The van der Waals surface area contributed by atoms with Gasteiger partial charge in [-0.2, -0.15) is 0 Å². The molecule has 4 rings (SSSR count). The third kappa shape index (κ3) is 9.23. The molecule has 2 saturated carbocycles. The second kappa shape index (κ2) is 16.8. The van der Waals surface area contributed by atoms with Crippen molar-refractivity contribution in [3.05, 3.63) is 53.4 Å². The number of halogens is 6. The van der Waals surface area contributed by atoms with Gasteiger partial charge < -0.3 is 18.9 Å². The molecule has 2 fully saturated rings. The highest BCUT2D eigenvalue weighted by molar-refractivity contribution is 6.47. The van der Waals surface area contributed by atoms with Crippen LogP contribution in [0.5, 0.6) is 11.5 Å². The fourth-order valence-electron chi connectivity index (χ4n) is 6.05. The molecule has 14 heteroatoms. The van der Waals surface area contributed by atoms with Crippen LogP contribution in [0.25, 0.3) is 0 Å². The van der Waals surface area contributed by atoms with E-state index >= 15 is 0 Å². The topological polar surface area (TPSA) is 105 Å². The van der Waals surface area contributed by atoms with Crippen molar-refractivity contribution in [2.45, 2.75) is 66.2 Å². The van der Waals surface area contributed by atoms with Gasteiger partial charge in [-0.05, 0) is 86.2 Å². The molecule has 2 aromatic rings. The second-order valence-corrected chi connectivity index (χ2v) is 15.5. The van der Waals surface area contributed by atoms with Gasteiger partial charge in [0.25, 0.3) is 0 Å². The zero-order valence-corrected chi connectivity index (χ0v) is 31.3. The van der Waals surface area contributed by atoms with E-state index < -0.39 is 46.5 Å². The molecule has 4 atom stereocenters. The largest absolute Gasteiger partial charge is 0.462 e. The molecule has 0 spiro atoms. The monoisotopic (exact) mass is 782 g/mol. The number of carbonyl (C=O) groups excluding carboxylic acids is 4. The molecule has 0 radical (unpaired) electrons. The smallest absolute Gasteiger partial charge is 0.423 e. The van der Waals surface area contributed by atoms with Crippen LogP contribution in [0.1, 0.15) is 86.9 Å². The minimum absolute atomic E-state index is 0.111. The molecule has 2 aliphatic rings. The Morgan fingerprint density at radius 2 is 0.917 bits per heavy atom. The van der Waals surface area contributed by atoms with Crippen molar-refractivity contribution in [2.24, 2.45) is 35.5 Å². The molecular weight excluding hydrogens is 749 g/mol. The third-order valence-corrected chi connectivity index (χ3v) is 10.9. The maximum atomic E-state index is 13.2. The van der Waals surface area contributed by atoms with E-state index in [-0.39, 0.29) is 55.2 Å². The molecule has 4 unspecified atom stereocenters. The summed E-state index contributed by atoms with van der Waals surface area (Å²) in [7, 11) is 0. The van der Waals surface area contributed by atoms with Gasteiger partial charge in [-0.25, -0.2) is 19.2 Å². The predicted octanol–water partition coefficient (Wildman–Crippen LogP) is 10.6. The summed E-state index contributed by atoms with van der Waals surface area (Å²) in [6, 6.07) is 2.27. The van der Waals surface area contributed by atoms with Crippen LogP contribution in [-0.2, 0) is 19.1 Å². The Morgan fingerprint density at radius 3 is 1.21 bits per heavy atom. The molecule has 0 N–H and O–H groups in total. The van der Waals surface area contributed by atoms with E-state index in [9.17, 15) is 19.2 Å². The van der Waals surface area contributed by atoms with Crippen LogP contribution < -0.4 is 9.47 Å². The summed E-state index contributed by atoms with van der Waals surface area (Å²) in [5.74, 6) is -4.14. The van der Waals surface area contributed by atoms with Gasteiger partial charge in [0.1, 0.15) is 11.1 Å². The van der Waals surface area contributed by atoms with Crippen LogP contribution in [0.4, 0.5) is 0 Å². The molecule has 0 saturated heterocycles. The van der Waals surface area contributed by atoms with E-state index in [0.717, 1.165) is 50.7 Å². The van der Waals surface area contributed by atoms with Crippen LogP contribution >= 0.6 is 69.6 Å². The summed E-state index contributed by atoms with van der Waals surface area (Å²) in [4.78, 5) is 52.5. The van der Waals surface area contributed by atoms with Crippen LogP contribution in [0.3, 0.4) is 0 Å². The minimum atomic E-state index is -1.63. The van der Waals surface area contributed by atoms with Gasteiger partial charge in [0.05, 0.1) is 43.3 Å². The number of rotatable bonds is 12. The van der Waals surface area contributed by atoms with E-state index in [1.807, 2.05) is 0 Å². The van der Waals surface area contributed by atoms with Crippen molar-refractivity contribution in [1.82, 2.24) is 0 Å². The Bertz CT molecular complexity index is 1460. The molecule has 2 aromatic carbocycles. The van der Waals surface area contributed by atoms with Crippen molar-refractivity contribution in [2.75, 3.05) is 13.2 Å². The van der Waals surface area contributed by atoms with Crippen molar-refractivity contribution >= 4 is 93.5 Å². The maximum absolute atomic E-state index is 13.2. The van der Waals surface area contributed by atoms with Crippen LogP contribution in [0.15, 0.2) is 12.1 Å². The molecule has 0 bridgehead atoms. The van der Waals surface area contributed by atoms with E-state index in [2.05, 4.69) is 27.7 Å². The van der Waals surface area contributed by atoms with Crippen molar-refractivity contribution in [3.8, 4) is 11.5 Å². The molecule has 48 heavy (non-hydrogen) atoms. The Kier molecular flexibility index (Phi) is 13.6. The lowest BCUT2D eigenvalue weighted by Gasteiger charge is -2.37. The van der Waals surface area contributed by atoms with Gasteiger partial charge in [-0.15, -0.1) is 0 Å². The summed E-state index contributed by atoms with van der Waals surface area (Å²) in [5, 5.41) is -1.42. The second-order valence-electron chi connectivity index (χ2n) is 13.1. The summed E-state index contributed by atoms with van der Waals surface area (Å²) in [6.45, 7) is 8.73. The van der Waals surface area contributed by atoms with Crippen LogP contribution in [0.2, 0.25) is 30.1 Å². The number of esters is 4. The Morgan fingerprint density at radius 1 is 0.583 bits per heavy atom. The number of benzene rings is 2. The first-order valence-corrected chi connectivity index (χ1v) is 18.0. The average molecular weight is 785 g/mol. The zero-order valence-electron chi connectivity index (χ0n) is 26.8. The highest BCUT2D eigenvalue weighted by Gasteiger charge is 2.36. The van der Waals surface area contributed by atoms with Crippen LogP contribution in [-0.4, -0.2) is 37.1 Å². The lowest BCUT2D eigenvalue weighted by atomic mass is 9.70. The number of hydrogen-bond acceptors (Lipinski definition) is 8. The lowest BCUT2D eigenvalue weighted by Crippen LogP contribution is -2.32. The van der Waals surface area contributed by atoms with E-state index in [1.165, 1.54) is 0 Å². The SMILES string of the molecule is CC(C)CC1CCC1COC(=O)c1c(Cl)c(Cl)cc(Cl)c1OC(=O)C(=O)Oc1c(Cl)cc(Cl)c(Cl)c1C(=O)OCC1CCC1CC(C)C. The Labute approximate surface area is 309 Å². The highest BCUT2D eigenvalue weighted by atomic mass is 35.5. The lowest BCUT2D eigenvalue weighted by molar-refractivity contribution is -0.156. The molecule has 0 heterocycles. The molecule has 0 aromatic heterocycles. The highest BCUT2D eigenvalue weighted by Crippen LogP contribution is 2.44. The van der Waals surface area contributed by atoms with Gasteiger partial charge in [-0.3, -0.25) is 0 Å². The molecule has 8 nitrogen and oxygen atoms in total. The quantitative estimate of drug-likeness (QED) is 0.0907. The Hall–Kier alpha value is -1.94. The number of ether oxygens (including phenoxy) is 4. The Balaban J connectivity index is 1.50. The van der Waals surface area contributed by atoms with E-state index in [1.54, 1.807) is 0 Å². The number of carbonyl (C=O) groups is 4. The fourth-order valence-corrected chi connectivity index (χ4v) is 7.48. The van der Waals surface area contributed by atoms with Gasteiger partial charge >= 0.3 is 23.9 Å². The van der Waals surface area contributed by atoms with Gasteiger partial charge in [0.2, 0.25) is 0 Å². The molecule has 0 amide bonds. The minimum Gasteiger partial charge on any atom is -0.462 e. The molecular formula is C34H36Cl6O8. The maximum Gasteiger partial charge on any atom is 0.423 e. The van der Waals surface area contributed by atoms with Crippen molar-refractivity contribution in [3.63, 3.8) is 0 Å². The predicted molar refractivity (Wildman–Crippen MR) is 186 cm³/mol. The first-order chi connectivity index (χ1) is 22.6. The summed E-state index contributed by atoms with van der Waals surface area (Å²) < 4.78 is 21.5. The average Bonchev–Trinajstić information content (AvgIpc) is 2.98.